The number of hydrogen-bond acceptors (Lipinski definition) is 3. The molecule has 0 radical (unpaired) electrons. The molecule has 0 aliphatic carbocycles. The lowest BCUT2D eigenvalue weighted by atomic mass is 10.0. The minimum Gasteiger partial charge on any atom is -0.349 e. The summed E-state index contributed by atoms with van der Waals surface area (Å²) in [6, 6.07) is 3.66. The minimum atomic E-state index is -0.0888. The van der Waals surface area contributed by atoms with Crippen LogP contribution in [-0.4, -0.2) is 11.9 Å². The fraction of sp³-hybridized carbons (Fsp3) is 0.583. The Hall–Kier alpha value is -0.580. The third-order valence-electron chi connectivity index (χ3n) is 2.68. The predicted molar refractivity (Wildman–Crippen MR) is 73.3 cm³/mol. The van der Waals surface area contributed by atoms with E-state index in [1.165, 1.54) is 11.3 Å². The van der Waals surface area contributed by atoms with Gasteiger partial charge in [-0.05, 0) is 25.0 Å². The Morgan fingerprint density at radius 1 is 1.47 bits per heavy atom. The molecule has 0 saturated carbocycles. The Labute approximate surface area is 111 Å². The highest BCUT2D eigenvalue weighted by atomic mass is 35.5. The first-order valence-corrected chi connectivity index (χ1v) is 6.89. The Kier molecular flexibility index (Phi) is 5.43. The van der Waals surface area contributed by atoms with Crippen molar-refractivity contribution in [1.82, 2.24) is 5.32 Å². The molecule has 0 aliphatic heterocycles. The molecule has 0 saturated heterocycles. The van der Waals surface area contributed by atoms with Crippen LogP contribution in [0.15, 0.2) is 12.1 Å². The van der Waals surface area contributed by atoms with Crippen LogP contribution in [0.5, 0.6) is 0 Å². The van der Waals surface area contributed by atoms with Crippen molar-refractivity contribution in [3.05, 3.63) is 21.3 Å². The van der Waals surface area contributed by atoms with Crippen LogP contribution in [0.4, 0.5) is 0 Å². The maximum atomic E-state index is 11.7. The second-order valence-electron chi connectivity index (χ2n) is 4.54. The molecule has 5 heteroatoms. The van der Waals surface area contributed by atoms with Gasteiger partial charge in [-0.15, -0.1) is 11.3 Å². The van der Waals surface area contributed by atoms with E-state index in [4.69, 9.17) is 17.3 Å². The summed E-state index contributed by atoms with van der Waals surface area (Å²) < 4.78 is 0.736. The van der Waals surface area contributed by atoms with Gasteiger partial charge in [0, 0.05) is 17.3 Å². The van der Waals surface area contributed by atoms with Crippen LogP contribution in [-0.2, 0) is 4.79 Å². The largest absolute Gasteiger partial charge is 0.349 e. The Bertz CT molecular complexity index is 378. The molecule has 0 spiro atoms. The monoisotopic (exact) mass is 274 g/mol. The van der Waals surface area contributed by atoms with Gasteiger partial charge in [0.2, 0.25) is 5.91 Å². The molecular formula is C12H19ClN2OS. The van der Waals surface area contributed by atoms with E-state index in [1.807, 2.05) is 32.9 Å². The van der Waals surface area contributed by atoms with Crippen LogP contribution in [0.3, 0.4) is 0 Å². The number of thiophene rings is 1. The smallest absolute Gasteiger partial charge is 0.222 e. The highest BCUT2D eigenvalue weighted by molar-refractivity contribution is 7.16. The van der Waals surface area contributed by atoms with Crippen LogP contribution < -0.4 is 11.1 Å². The molecule has 17 heavy (non-hydrogen) atoms. The molecular weight excluding hydrogens is 256 g/mol. The Balaban J connectivity index is 2.46. The van der Waals surface area contributed by atoms with Crippen LogP contribution in [0.2, 0.25) is 4.34 Å². The number of nitrogens with two attached hydrogens (primary N) is 1. The maximum Gasteiger partial charge on any atom is 0.222 e. The molecule has 0 bridgehead atoms. The van der Waals surface area contributed by atoms with E-state index < -0.39 is 0 Å². The van der Waals surface area contributed by atoms with Gasteiger partial charge in [0.05, 0.1) is 10.4 Å². The average molecular weight is 275 g/mol. The van der Waals surface area contributed by atoms with E-state index in [2.05, 4.69) is 5.32 Å². The number of carbonyl (C=O) groups is 1. The number of nitrogens with one attached hydrogen (secondary N) is 1. The lowest BCUT2D eigenvalue weighted by Crippen LogP contribution is -2.35. The van der Waals surface area contributed by atoms with Gasteiger partial charge in [0.1, 0.15) is 0 Å². The van der Waals surface area contributed by atoms with Crippen LogP contribution in [0.1, 0.15) is 38.1 Å². The van der Waals surface area contributed by atoms with Crippen molar-refractivity contribution in [1.29, 1.82) is 0 Å². The van der Waals surface area contributed by atoms with Crippen molar-refractivity contribution in [3.8, 4) is 0 Å². The molecule has 0 aliphatic rings. The first-order valence-electron chi connectivity index (χ1n) is 5.70. The molecule has 2 unspecified atom stereocenters. The van der Waals surface area contributed by atoms with Crippen molar-refractivity contribution >= 4 is 28.8 Å². The van der Waals surface area contributed by atoms with Crippen LogP contribution >= 0.6 is 22.9 Å². The fourth-order valence-electron chi connectivity index (χ4n) is 1.38. The molecule has 96 valence electrons. The first kappa shape index (κ1) is 14.5. The number of halogens is 1. The van der Waals surface area contributed by atoms with Crippen LogP contribution in [0.25, 0.3) is 0 Å². The van der Waals surface area contributed by atoms with Crippen molar-refractivity contribution in [3.63, 3.8) is 0 Å². The van der Waals surface area contributed by atoms with E-state index >= 15 is 0 Å². The standard InChI is InChI=1S/C12H19ClN2OS/c1-7(2)9(14)6-12(16)15-8(3)10-4-5-11(13)17-10/h4-5,7-9H,6,14H2,1-3H3,(H,15,16). The summed E-state index contributed by atoms with van der Waals surface area (Å²) in [5.41, 5.74) is 5.86. The summed E-state index contributed by atoms with van der Waals surface area (Å²) in [7, 11) is 0. The summed E-state index contributed by atoms with van der Waals surface area (Å²) in [4.78, 5) is 12.8. The predicted octanol–water partition coefficient (Wildman–Crippen LogP) is 2.95. The van der Waals surface area contributed by atoms with Crippen LogP contribution in [0, 0.1) is 5.92 Å². The van der Waals surface area contributed by atoms with Crippen molar-refractivity contribution in [2.75, 3.05) is 0 Å². The van der Waals surface area contributed by atoms with Gasteiger partial charge in [-0.25, -0.2) is 0 Å². The summed E-state index contributed by atoms with van der Waals surface area (Å²) in [6.07, 6.45) is 0.362. The third-order valence-corrected chi connectivity index (χ3v) is 4.09. The molecule has 1 heterocycles. The topological polar surface area (TPSA) is 55.1 Å². The zero-order valence-electron chi connectivity index (χ0n) is 10.4. The third kappa shape index (κ3) is 4.66. The molecule has 3 nitrogen and oxygen atoms in total. The molecule has 1 aromatic heterocycles. The lowest BCUT2D eigenvalue weighted by Gasteiger charge is -2.17. The Morgan fingerprint density at radius 3 is 2.59 bits per heavy atom. The summed E-state index contributed by atoms with van der Waals surface area (Å²) in [6.45, 7) is 5.97. The van der Waals surface area contributed by atoms with Crippen molar-refractivity contribution in [2.24, 2.45) is 11.7 Å². The molecule has 0 aromatic carbocycles. The van der Waals surface area contributed by atoms with Crippen molar-refractivity contribution in [2.45, 2.75) is 39.3 Å². The quantitative estimate of drug-likeness (QED) is 0.867. The Morgan fingerprint density at radius 2 is 2.12 bits per heavy atom. The highest BCUT2D eigenvalue weighted by Crippen LogP contribution is 2.26. The van der Waals surface area contributed by atoms with E-state index in [9.17, 15) is 4.79 Å². The van der Waals surface area contributed by atoms with Gasteiger partial charge < -0.3 is 11.1 Å². The zero-order chi connectivity index (χ0) is 13.0. The molecule has 1 amide bonds. The SMILES string of the molecule is CC(NC(=O)CC(N)C(C)C)c1ccc(Cl)s1. The summed E-state index contributed by atoms with van der Waals surface area (Å²) >= 11 is 7.34. The highest BCUT2D eigenvalue weighted by Gasteiger charge is 2.16. The number of carbonyl (C=O) groups excluding carboxylic acids is 1. The average Bonchev–Trinajstić information content (AvgIpc) is 2.64. The molecule has 2 atom stereocenters. The fourth-order valence-corrected chi connectivity index (χ4v) is 2.45. The zero-order valence-corrected chi connectivity index (χ0v) is 11.9. The van der Waals surface area contributed by atoms with E-state index in [0.29, 0.717) is 12.3 Å². The number of amides is 1. The first-order chi connectivity index (χ1) is 7.90. The summed E-state index contributed by atoms with van der Waals surface area (Å²) in [5.74, 6) is 0.301. The van der Waals surface area contributed by atoms with Gasteiger partial charge in [-0.2, -0.15) is 0 Å². The molecule has 1 aromatic rings. The molecule has 3 N–H and O–H groups in total. The number of hydrogen-bond donors (Lipinski definition) is 2. The molecule has 0 fully saturated rings. The van der Waals surface area contributed by atoms with Gasteiger partial charge in [0.25, 0.3) is 0 Å². The molecule has 1 rings (SSSR count). The maximum absolute atomic E-state index is 11.7. The van der Waals surface area contributed by atoms with Crippen molar-refractivity contribution < 1.29 is 4.79 Å². The normalized spacial score (nSPS) is 14.7. The van der Waals surface area contributed by atoms with Gasteiger partial charge >= 0.3 is 0 Å². The minimum absolute atomic E-state index is 0.0109. The van der Waals surface area contributed by atoms with E-state index in [-0.39, 0.29) is 18.0 Å². The van der Waals surface area contributed by atoms with E-state index in [0.717, 1.165) is 9.21 Å². The summed E-state index contributed by atoms with van der Waals surface area (Å²) in [5, 5.41) is 2.93. The number of rotatable bonds is 5. The second-order valence-corrected chi connectivity index (χ2v) is 6.29. The van der Waals surface area contributed by atoms with Gasteiger partial charge in [0.15, 0.2) is 0 Å². The van der Waals surface area contributed by atoms with E-state index in [1.54, 1.807) is 0 Å². The van der Waals surface area contributed by atoms with Gasteiger partial charge in [-0.3, -0.25) is 4.79 Å². The second kappa shape index (κ2) is 6.38. The lowest BCUT2D eigenvalue weighted by molar-refractivity contribution is -0.122. The van der Waals surface area contributed by atoms with Gasteiger partial charge in [-0.1, -0.05) is 25.4 Å².